The van der Waals surface area contributed by atoms with E-state index >= 15 is 0 Å². The molecular weight excluding hydrogens is 765 g/mol. The first-order valence-corrected chi connectivity index (χ1v) is 20.0. The van der Waals surface area contributed by atoms with Gasteiger partial charge in [-0.2, -0.15) is 0 Å². The number of carbonyl (C=O) groups excluding carboxylic acids is 4. The minimum absolute atomic E-state index is 0. The van der Waals surface area contributed by atoms with Gasteiger partial charge in [0.2, 0.25) is 0 Å². The molecule has 0 aliphatic rings. The second-order valence-electron chi connectivity index (χ2n) is 12.2. The third kappa shape index (κ3) is 53.7. The fourth-order valence-corrected chi connectivity index (χ4v) is 4.03. The van der Waals surface area contributed by atoms with E-state index < -0.39 is 167 Å². The predicted octanol–water partition coefficient (Wildman–Crippen LogP) is 16.4. The normalized spacial score (nSPS) is 26.3. The molecule has 0 bridgehead atoms. The van der Waals surface area contributed by atoms with Crippen LogP contribution in [0.25, 0.3) is 2.86 Å². The van der Waals surface area contributed by atoms with Gasteiger partial charge in [-0.15, -0.1) is 0 Å². The topological polar surface area (TPSA) is 143 Å². The largest absolute Gasteiger partial charge is 0.481 e. The van der Waals surface area contributed by atoms with Crippen molar-refractivity contribution in [3.8, 4) is 0 Å². The summed E-state index contributed by atoms with van der Waals surface area (Å²) in [5.74, 6) is -16.4. The maximum Gasteiger partial charge on any atom is 0.306 e. The number of rotatable bonds is 30. The van der Waals surface area contributed by atoms with Crippen LogP contribution in [-0.4, -0.2) is 45.3 Å². The number of hydrogen-bond acceptors (Lipinski definition) is 8. The zero-order valence-corrected chi connectivity index (χ0v) is 39.5. The standard InChI is InChI=1S/4C9H18O.2C8H16O2.CH4/c4*1-4-6-9(7-5-2)8(3)10;2*1-3-5-7(6-4-2)8(9)10;/h4*9H,4-7H2,1-3H3;2*7H,3-6H2,1-2H3,(H,9,10);1H4/i4D2,5D2,6D2,9D;4D2,5D2,6D2;2*6D2,9D;3D2,4D2,5D2,7D;3D2,4D2,5D2;/hD2. The van der Waals surface area contributed by atoms with Gasteiger partial charge in [0, 0.05) is 67.5 Å². The van der Waals surface area contributed by atoms with Crippen LogP contribution in [0.4, 0.5) is 0 Å². The highest BCUT2D eigenvalue weighted by molar-refractivity contribution is 5.79. The van der Waals surface area contributed by atoms with Crippen LogP contribution < -0.4 is 0 Å². The van der Waals surface area contributed by atoms with Crippen molar-refractivity contribution in [2.75, 3.05) is 0 Å². The predicted molar refractivity (Wildman–Crippen MR) is 265 cm³/mol. The molecule has 6 unspecified atom stereocenters. The Morgan fingerprint density at radius 2 is 0.689 bits per heavy atom. The fraction of sp³-hybridized carbons (Fsp3) is 0.887. The first-order chi connectivity index (χ1) is 40.6. The van der Waals surface area contributed by atoms with Crippen LogP contribution in [0.1, 0.15) is 315 Å². The van der Waals surface area contributed by atoms with E-state index in [0.29, 0.717) is 25.7 Å². The molecule has 0 aromatic carbocycles. The molecule has 0 radical (unpaired) electrons. The lowest BCUT2D eigenvalue weighted by Gasteiger charge is -2.09. The van der Waals surface area contributed by atoms with E-state index in [1.165, 1.54) is 27.7 Å². The summed E-state index contributed by atoms with van der Waals surface area (Å²) >= 11 is 0. The zero-order chi connectivity index (χ0) is 78.1. The van der Waals surface area contributed by atoms with Gasteiger partial charge in [0.1, 0.15) is 23.1 Å². The molecule has 0 fully saturated rings. The summed E-state index contributed by atoms with van der Waals surface area (Å²) in [6.45, 7) is 20.2. The maximum atomic E-state index is 11.5. The first-order valence-electron chi connectivity index (χ1n) is 36.8. The average Bonchev–Trinajstić information content (AvgIpc) is 3.34. The Labute approximate surface area is 428 Å². The van der Waals surface area contributed by atoms with Gasteiger partial charge in [0.25, 0.3) is 2.86 Å². The molecule has 8 nitrogen and oxygen atoms in total. The van der Waals surface area contributed by atoms with Crippen molar-refractivity contribution in [1.82, 2.24) is 0 Å². The molecule has 2 N–H and O–H groups in total. The Balaban J connectivity index is -0.000000196. The molecule has 6 atom stereocenters. The van der Waals surface area contributed by atoms with Crippen LogP contribution in [0.5, 0.6) is 0 Å². The molecule has 368 valence electrons. The summed E-state index contributed by atoms with van der Waals surface area (Å²) in [6.07, 6.45) is -31.5. The second kappa shape index (κ2) is 55.6. The van der Waals surface area contributed by atoms with Crippen molar-refractivity contribution >= 4 is 35.1 Å². The fourth-order valence-electron chi connectivity index (χ4n) is 4.03. The highest BCUT2D eigenvalue weighted by Gasteiger charge is 2.15. The number of carboxylic acid groups (broad SMARTS) is 2. The van der Waals surface area contributed by atoms with E-state index in [9.17, 15) is 28.8 Å². The van der Waals surface area contributed by atoms with E-state index in [4.69, 9.17) is 46.7 Å². The first kappa shape index (κ1) is 26.5. The molecular formula is C53H108O8. The Morgan fingerprint density at radius 3 is 0.967 bits per heavy atom. The number of carboxylic acids is 2. The Hall–Kier alpha value is -2.38. The molecule has 61 heavy (non-hydrogen) atoms. The third-order valence-corrected chi connectivity index (χ3v) is 6.79. The van der Waals surface area contributed by atoms with Gasteiger partial charge in [-0.3, -0.25) is 28.8 Å². The van der Waals surface area contributed by atoms with Gasteiger partial charge in [0.15, 0.2) is 0 Å². The van der Waals surface area contributed by atoms with Crippen molar-refractivity contribution in [3.05, 3.63) is 0 Å². The summed E-state index contributed by atoms with van der Waals surface area (Å²) in [4.78, 5) is 68.0. The van der Waals surface area contributed by atoms with Crippen molar-refractivity contribution in [3.63, 3.8) is 0 Å². The quantitative estimate of drug-likeness (QED) is 0.0725. The molecule has 0 heterocycles. The van der Waals surface area contributed by atoms with Gasteiger partial charge in [-0.25, -0.2) is 0 Å². The molecule has 0 aromatic rings. The van der Waals surface area contributed by atoms with Crippen LogP contribution in [0, 0.1) is 35.4 Å². The van der Waals surface area contributed by atoms with Crippen LogP contribution in [0.2, 0.25) is 0 Å². The highest BCUT2D eigenvalue weighted by Crippen LogP contribution is 2.17. The van der Waals surface area contributed by atoms with E-state index in [0.717, 1.165) is 55.4 Å². The van der Waals surface area contributed by atoms with Gasteiger partial charge >= 0.3 is 11.9 Å². The molecule has 0 spiro atoms. The van der Waals surface area contributed by atoms with Crippen molar-refractivity contribution in [2.24, 2.45) is 35.4 Å². The average molecular weight is 908 g/mol. The Bertz CT molecular complexity index is 2330. The molecule has 0 aromatic heterocycles. The van der Waals surface area contributed by atoms with Gasteiger partial charge in [0.05, 0.1) is 11.8 Å². The van der Waals surface area contributed by atoms with Crippen molar-refractivity contribution < 1.29 is 82.8 Å². The van der Waals surface area contributed by atoms with Gasteiger partial charge in [-0.05, 0) is 104 Å². The number of hydrogen-bond donors (Lipinski definition) is 2. The van der Waals surface area contributed by atoms with E-state index in [-0.39, 0.29) is 38.3 Å². The molecule has 0 saturated carbocycles. The third-order valence-electron chi connectivity index (χ3n) is 6.79. The SMILES string of the molecule is C.[2H]C([2H])(C)CC(C(C)=O)C([2H])([2H])C([2H])([2H])C.[2H]C([2H])(C)CC([2H])(C(C)=O)C([2H])([2H])C([2H])([2H])C.[2H]C([2H])(CC)C([2H])(CCC)C(C)=O.[2H]C([2H])(CC)C([2H])(CCC)C(C)=O.[2H]OC(=O)C(CC([2H])([2H])C)C([2H])([2H])C([2H])([2H])C.[2H]OC(=O)C([2H])(CC([2H])([2H])C)C([2H])([2H])C([2H])([2H])C. The molecule has 0 aliphatic heterocycles. The Kier molecular flexibility index (Phi) is 24.2. The van der Waals surface area contributed by atoms with E-state index in [1.807, 2.05) is 13.8 Å². The zero-order valence-electron chi connectivity index (χ0n) is 73.5. The van der Waals surface area contributed by atoms with E-state index in [2.05, 4.69) is 10.2 Å². The van der Waals surface area contributed by atoms with Crippen molar-refractivity contribution in [2.45, 2.75) is 272 Å². The summed E-state index contributed by atoms with van der Waals surface area (Å²) in [6, 6.07) is 0. The van der Waals surface area contributed by atoms with Gasteiger partial charge < -0.3 is 10.2 Å². The smallest absolute Gasteiger partial charge is 0.306 e. The summed E-state index contributed by atoms with van der Waals surface area (Å²) < 4.78 is 254. The van der Waals surface area contributed by atoms with Gasteiger partial charge in [-0.1, -0.05) is 167 Å². The van der Waals surface area contributed by atoms with Crippen LogP contribution in [-0.2, 0) is 28.8 Å². The molecule has 0 aliphatic carbocycles. The lowest BCUT2D eigenvalue weighted by atomic mass is 9.95. The lowest BCUT2D eigenvalue weighted by molar-refractivity contribution is -0.143. The maximum absolute atomic E-state index is 11.5. The van der Waals surface area contributed by atoms with Crippen LogP contribution in [0.3, 0.4) is 0 Å². The summed E-state index contributed by atoms with van der Waals surface area (Å²) in [7, 11) is 0. The summed E-state index contributed by atoms with van der Waals surface area (Å²) in [5, 5.41) is 7.27. The molecule has 0 saturated heterocycles. The lowest BCUT2D eigenvalue weighted by Crippen LogP contribution is -2.12. The number of Topliss-reactive ketones (excluding diaryl/α,β-unsaturated/α-hetero) is 4. The number of aliphatic carboxylic acids is 2. The minimum atomic E-state index is -3.01. The molecule has 8 heteroatoms. The molecule has 0 rings (SSSR count). The summed E-state index contributed by atoms with van der Waals surface area (Å²) in [5.41, 5.74) is 0. The minimum Gasteiger partial charge on any atom is -0.481 e. The van der Waals surface area contributed by atoms with E-state index in [1.54, 1.807) is 13.8 Å². The number of carbonyl (C=O) groups is 6. The monoisotopic (exact) mass is 907 g/mol. The van der Waals surface area contributed by atoms with Crippen LogP contribution in [0.15, 0.2) is 0 Å². The van der Waals surface area contributed by atoms with Crippen molar-refractivity contribution in [1.29, 1.82) is 2.86 Å². The Morgan fingerprint density at radius 1 is 0.377 bits per heavy atom. The number of ketones is 4. The molecule has 0 amide bonds. The second-order valence-corrected chi connectivity index (χ2v) is 12.2. The highest BCUT2D eigenvalue weighted by atomic mass is 16.4. The van der Waals surface area contributed by atoms with Crippen LogP contribution >= 0.6 is 0 Å².